The highest BCUT2D eigenvalue weighted by atomic mass is 16.8. The normalized spacial score (nSPS) is 52.5. The molecule has 10 N–H and O–H groups in total. The zero-order valence-corrected chi connectivity index (χ0v) is 38.7. The smallest absolute Gasteiger partial charge is 0.335 e. The predicted molar refractivity (Wildman–Crippen MR) is 225 cm³/mol. The summed E-state index contributed by atoms with van der Waals surface area (Å²) >= 11 is 0. The Kier molecular flexibility index (Phi) is 13.1. The van der Waals surface area contributed by atoms with Crippen LogP contribution >= 0.6 is 0 Å². The van der Waals surface area contributed by atoms with Crippen LogP contribution in [0.4, 0.5) is 0 Å². The quantitative estimate of drug-likeness (QED) is 0.0872. The summed E-state index contributed by atoms with van der Waals surface area (Å²) < 4.78 is 35.0. The summed E-state index contributed by atoms with van der Waals surface area (Å²) in [5.74, 6) is -1.77. The third-order valence-electron chi connectivity index (χ3n) is 18.9. The molecule has 0 aromatic rings. The maximum atomic E-state index is 14.6. The van der Waals surface area contributed by atoms with Gasteiger partial charge >= 0.3 is 11.9 Å². The topological polar surface area (TPSA) is 292 Å². The summed E-state index contributed by atoms with van der Waals surface area (Å²) in [7, 11) is 0. The maximum Gasteiger partial charge on any atom is 0.335 e. The van der Waals surface area contributed by atoms with Crippen LogP contribution < -0.4 is 0 Å². The van der Waals surface area contributed by atoms with Gasteiger partial charge in [0, 0.05) is 0 Å². The van der Waals surface area contributed by atoms with Crippen molar-refractivity contribution in [2.75, 3.05) is 13.2 Å². The standard InChI is InChI=1S/C47H74O18/c1-42(2)14-16-47(41(59)65-39-33(55)30(52)28(50)23(19-48)61-39)17-15-45(6)21(22(47)18-42)8-9-26-44(5)12-11-27(43(3,4)25(44)10-13-46(26,45)7)62-40-34(56)31(53)35(36(64-40)37(57)58)63-38-32(54)29(51)24(20-49)60-38/h8,22-36,38-40,48-56H,9-20H2,1-7H3,(H,57,58)/t22-,23+,24-,25-,26+,27-,28-,29-,30-,31+,32+,33+,34+,35-,36-,38-,39-,40+,44-,45+,46+,47-/m0/s1. The van der Waals surface area contributed by atoms with Gasteiger partial charge in [0.2, 0.25) is 6.29 Å². The van der Waals surface area contributed by atoms with Crippen LogP contribution in [-0.2, 0) is 38.0 Å². The monoisotopic (exact) mass is 926 g/mol. The first-order chi connectivity index (χ1) is 30.3. The van der Waals surface area contributed by atoms with Crippen molar-refractivity contribution in [3.05, 3.63) is 11.6 Å². The molecule has 0 unspecified atom stereocenters. The van der Waals surface area contributed by atoms with Crippen LogP contribution in [0.5, 0.6) is 0 Å². The number of aliphatic hydroxyl groups excluding tert-OH is 9. The number of hydrogen-bond acceptors (Lipinski definition) is 17. The molecule has 8 aliphatic rings. The summed E-state index contributed by atoms with van der Waals surface area (Å²) in [4.78, 5) is 27.2. The molecule has 370 valence electrons. The fourth-order valence-electron chi connectivity index (χ4n) is 14.8. The summed E-state index contributed by atoms with van der Waals surface area (Å²) in [6.45, 7) is 14.6. The van der Waals surface area contributed by atoms with Gasteiger partial charge in [-0.05, 0) is 109 Å². The fourth-order valence-corrected chi connectivity index (χ4v) is 14.8. The largest absolute Gasteiger partial charge is 0.479 e. The van der Waals surface area contributed by atoms with Crippen LogP contribution in [0, 0.1) is 50.2 Å². The fraction of sp³-hybridized carbons (Fsp3) is 0.915. The number of fused-ring (bicyclic) bond motifs is 7. The van der Waals surface area contributed by atoms with Gasteiger partial charge in [-0.2, -0.15) is 0 Å². The number of rotatable bonds is 9. The van der Waals surface area contributed by atoms with Crippen molar-refractivity contribution < 1.29 is 89.1 Å². The highest BCUT2D eigenvalue weighted by Crippen LogP contribution is 2.76. The lowest BCUT2D eigenvalue weighted by Gasteiger charge is -2.71. The molecule has 3 saturated heterocycles. The van der Waals surface area contributed by atoms with Gasteiger partial charge in [-0.25, -0.2) is 4.79 Å². The van der Waals surface area contributed by atoms with E-state index >= 15 is 0 Å². The van der Waals surface area contributed by atoms with Gasteiger partial charge in [-0.15, -0.1) is 0 Å². The third kappa shape index (κ3) is 7.67. The lowest BCUT2D eigenvalue weighted by Crippen LogP contribution is -2.66. The van der Waals surface area contributed by atoms with Gasteiger partial charge in [0.15, 0.2) is 18.7 Å². The van der Waals surface area contributed by atoms with Crippen molar-refractivity contribution in [2.45, 2.75) is 205 Å². The lowest BCUT2D eigenvalue weighted by molar-refractivity contribution is -0.342. The SMILES string of the molecule is CC1(C)CC[C@]2(C(=O)O[C@@H]3O[C@H](CO)[C@H](O)[C@H](O)[C@H]3O)CC[C@]3(C)C(=CC[C@@H]4[C@@]5(C)CC[C@H](O[C@@H]6O[C@H](C(=O)O)[C@@H](O[C@@H]7O[C@@H](CO)[C@H](O)[C@H]7O)[C@H](O)[C@H]6O)C(C)(C)[C@@H]5CC[C@]43C)[C@@H]2C1. The first kappa shape index (κ1) is 49.5. The molecule has 5 aliphatic carbocycles. The van der Waals surface area contributed by atoms with Gasteiger partial charge in [-0.3, -0.25) is 4.79 Å². The number of aliphatic hydroxyl groups is 9. The van der Waals surface area contributed by atoms with E-state index in [1.165, 1.54) is 5.57 Å². The molecule has 0 aromatic heterocycles. The van der Waals surface area contributed by atoms with E-state index in [1.807, 2.05) is 0 Å². The second-order valence-electron chi connectivity index (χ2n) is 23.0. The number of carbonyl (C=O) groups excluding carboxylic acids is 1. The van der Waals surface area contributed by atoms with Crippen LogP contribution in [-0.4, -0.2) is 168 Å². The zero-order valence-electron chi connectivity index (χ0n) is 38.7. The molecular formula is C47H74O18. The van der Waals surface area contributed by atoms with Gasteiger partial charge < -0.3 is 79.5 Å². The molecule has 0 aromatic carbocycles. The number of hydrogen-bond donors (Lipinski definition) is 10. The Balaban J connectivity index is 1.01. The second-order valence-corrected chi connectivity index (χ2v) is 23.0. The molecule has 22 atom stereocenters. The van der Waals surface area contributed by atoms with Crippen molar-refractivity contribution in [1.29, 1.82) is 0 Å². The van der Waals surface area contributed by atoms with Crippen LogP contribution in [0.1, 0.15) is 113 Å². The highest BCUT2D eigenvalue weighted by Gasteiger charge is 2.70. The Hall–Kier alpha value is -1.88. The summed E-state index contributed by atoms with van der Waals surface area (Å²) in [6, 6.07) is 0. The minimum atomic E-state index is -1.84. The Bertz CT molecular complexity index is 1820. The number of carboxylic acid groups (broad SMARTS) is 1. The molecule has 18 nitrogen and oxygen atoms in total. The number of carbonyl (C=O) groups is 2. The van der Waals surface area contributed by atoms with Gasteiger partial charge in [0.05, 0.1) is 24.7 Å². The number of carboxylic acids is 1. The van der Waals surface area contributed by atoms with Crippen LogP contribution in [0.15, 0.2) is 11.6 Å². The van der Waals surface area contributed by atoms with Crippen molar-refractivity contribution in [3.63, 3.8) is 0 Å². The summed E-state index contributed by atoms with van der Waals surface area (Å²) in [6.07, 6.45) is -13.2. The molecule has 8 rings (SSSR count). The zero-order chi connectivity index (χ0) is 47.6. The first-order valence-corrected chi connectivity index (χ1v) is 23.7. The average Bonchev–Trinajstić information content (AvgIpc) is 3.52. The Morgan fingerprint density at radius 2 is 1.25 bits per heavy atom. The molecule has 7 fully saturated rings. The molecule has 3 aliphatic heterocycles. The van der Waals surface area contributed by atoms with Crippen molar-refractivity contribution in [1.82, 2.24) is 0 Å². The number of ether oxygens (including phenoxy) is 6. The van der Waals surface area contributed by atoms with E-state index < -0.39 is 128 Å². The summed E-state index contributed by atoms with van der Waals surface area (Å²) in [5, 5.41) is 104. The highest BCUT2D eigenvalue weighted by molar-refractivity contribution is 5.79. The first-order valence-electron chi connectivity index (χ1n) is 23.7. The molecule has 65 heavy (non-hydrogen) atoms. The average molecular weight is 927 g/mol. The summed E-state index contributed by atoms with van der Waals surface area (Å²) in [5.41, 5.74) is -0.800. The molecule has 3 heterocycles. The van der Waals surface area contributed by atoms with Gasteiger partial charge in [0.1, 0.15) is 61.0 Å². The Labute approximate surface area is 380 Å². The molecule has 4 saturated carbocycles. The van der Waals surface area contributed by atoms with Crippen molar-refractivity contribution in [3.8, 4) is 0 Å². The molecule has 0 amide bonds. The molecular weight excluding hydrogens is 852 g/mol. The van der Waals surface area contributed by atoms with E-state index in [0.717, 1.165) is 44.9 Å². The predicted octanol–water partition coefficient (Wildman–Crippen LogP) is 0.872. The van der Waals surface area contributed by atoms with Crippen molar-refractivity contribution in [2.24, 2.45) is 50.2 Å². The second kappa shape index (κ2) is 17.2. The van der Waals surface area contributed by atoms with E-state index in [1.54, 1.807) is 0 Å². The van der Waals surface area contributed by atoms with Crippen molar-refractivity contribution >= 4 is 11.9 Å². The Morgan fingerprint density at radius 3 is 1.89 bits per heavy atom. The van der Waals surface area contributed by atoms with E-state index in [4.69, 9.17) is 28.4 Å². The van der Waals surface area contributed by atoms with E-state index in [2.05, 4.69) is 54.5 Å². The molecule has 18 heteroatoms. The van der Waals surface area contributed by atoms with E-state index in [0.29, 0.717) is 19.3 Å². The lowest BCUT2D eigenvalue weighted by atomic mass is 9.33. The molecule has 0 bridgehead atoms. The number of esters is 1. The van der Waals surface area contributed by atoms with Gasteiger partial charge in [0.25, 0.3) is 0 Å². The third-order valence-corrected chi connectivity index (χ3v) is 18.9. The van der Waals surface area contributed by atoms with E-state index in [9.17, 15) is 60.7 Å². The Morgan fingerprint density at radius 1 is 0.662 bits per heavy atom. The number of aliphatic carboxylic acids is 1. The van der Waals surface area contributed by atoms with Gasteiger partial charge in [-0.1, -0.05) is 60.1 Å². The van der Waals surface area contributed by atoms with Crippen LogP contribution in [0.3, 0.4) is 0 Å². The minimum absolute atomic E-state index is 0.0645. The maximum absolute atomic E-state index is 14.6. The van der Waals surface area contributed by atoms with Crippen LogP contribution in [0.2, 0.25) is 0 Å². The molecule has 0 spiro atoms. The van der Waals surface area contributed by atoms with Crippen LogP contribution in [0.25, 0.3) is 0 Å². The van der Waals surface area contributed by atoms with E-state index in [-0.39, 0.29) is 39.4 Å². The number of allylic oxidation sites excluding steroid dienone is 2. The molecule has 0 radical (unpaired) electrons. The minimum Gasteiger partial charge on any atom is -0.479 e.